The number of benzene rings is 1. The van der Waals surface area contributed by atoms with Crippen LogP contribution >= 0.6 is 0 Å². The van der Waals surface area contributed by atoms with E-state index in [1.165, 1.54) is 12.8 Å². The Kier molecular flexibility index (Phi) is 4.19. The first-order valence-corrected chi connectivity index (χ1v) is 8.70. The number of rotatable bonds is 3. The number of aromatic nitrogens is 3. The van der Waals surface area contributed by atoms with E-state index in [0.717, 1.165) is 48.8 Å². The summed E-state index contributed by atoms with van der Waals surface area (Å²) in [4.78, 5) is 12.5. The predicted molar refractivity (Wildman–Crippen MR) is 88.6 cm³/mol. The Labute approximate surface area is 141 Å². The Morgan fingerprint density at radius 3 is 3.12 bits per heavy atom. The predicted octanol–water partition coefficient (Wildman–Crippen LogP) is 1.87. The minimum Gasteiger partial charge on any atom is -0.492 e. The summed E-state index contributed by atoms with van der Waals surface area (Å²) in [5.74, 6) is 2.68. The molecule has 2 aliphatic rings. The van der Waals surface area contributed by atoms with Gasteiger partial charge in [-0.3, -0.25) is 4.79 Å². The molecule has 1 unspecified atom stereocenters. The average molecular weight is 326 g/mol. The van der Waals surface area contributed by atoms with Crippen LogP contribution in [0.4, 0.5) is 0 Å². The molecule has 2 aliphatic heterocycles. The molecule has 2 aromatic rings. The molecule has 4 rings (SSSR count). The number of carbonyl (C=O) groups is 1. The van der Waals surface area contributed by atoms with E-state index in [0.29, 0.717) is 13.2 Å². The van der Waals surface area contributed by atoms with E-state index in [4.69, 9.17) is 4.74 Å². The summed E-state index contributed by atoms with van der Waals surface area (Å²) in [7, 11) is 0. The van der Waals surface area contributed by atoms with Gasteiger partial charge in [-0.2, -0.15) is 0 Å². The molecule has 1 N–H and O–H groups in total. The quantitative estimate of drug-likeness (QED) is 0.935. The molecule has 6 nitrogen and oxygen atoms in total. The van der Waals surface area contributed by atoms with Gasteiger partial charge in [-0.15, -0.1) is 10.2 Å². The zero-order valence-electron chi connectivity index (χ0n) is 13.7. The van der Waals surface area contributed by atoms with Crippen molar-refractivity contribution in [2.45, 2.75) is 45.2 Å². The Hall–Kier alpha value is -2.37. The first-order chi connectivity index (χ1) is 11.8. The normalized spacial score (nSPS) is 19.6. The van der Waals surface area contributed by atoms with Gasteiger partial charge in [-0.25, -0.2) is 0 Å². The summed E-state index contributed by atoms with van der Waals surface area (Å²) in [6.07, 6.45) is 5.25. The van der Waals surface area contributed by atoms with Crippen molar-refractivity contribution >= 4 is 5.91 Å². The van der Waals surface area contributed by atoms with E-state index in [2.05, 4.69) is 20.1 Å². The average Bonchev–Trinajstić information content (AvgIpc) is 2.85. The van der Waals surface area contributed by atoms with Crippen LogP contribution in [0.3, 0.4) is 0 Å². The zero-order valence-corrected chi connectivity index (χ0v) is 13.7. The number of nitrogens with one attached hydrogen (secondary N) is 1. The van der Waals surface area contributed by atoms with Gasteiger partial charge in [0.05, 0.1) is 12.5 Å². The molecule has 0 saturated carbocycles. The van der Waals surface area contributed by atoms with Crippen LogP contribution in [0, 0.1) is 5.92 Å². The molecule has 0 fully saturated rings. The molecule has 0 saturated heterocycles. The van der Waals surface area contributed by atoms with Gasteiger partial charge >= 0.3 is 0 Å². The van der Waals surface area contributed by atoms with Crippen molar-refractivity contribution in [1.82, 2.24) is 20.1 Å². The molecule has 24 heavy (non-hydrogen) atoms. The summed E-state index contributed by atoms with van der Waals surface area (Å²) in [5.41, 5.74) is 1.10. The molecule has 0 aliphatic carbocycles. The number of hydrogen-bond acceptors (Lipinski definition) is 4. The SMILES string of the molecule is O=C(NCc1nnc2n1CCCCC2)C1COc2ccccc2C1. The van der Waals surface area contributed by atoms with Gasteiger partial charge < -0.3 is 14.6 Å². The molecular formula is C18H22N4O2. The van der Waals surface area contributed by atoms with E-state index in [9.17, 15) is 4.79 Å². The van der Waals surface area contributed by atoms with E-state index < -0.39 is 0 Å². The van der Waals surface area contributed by atoms with Crippen molar-refractivity contribution in [1.29, 1.82) is 0 Å². The van der Waals surface area contributed by atoms with E-state index in [-0.39, 0.29) is 11.8 Å². The second-order valence-electron chi connectivity index (χ2n) is 6.53. The standard InChI is InChI=1S/C18H22N4O2/c23-18(14-10-13-6-3-4-7-15(13)24-12-14)19-11-17-21-20-16-8-2-1-5-9-22(16)17/h3-4,6-7,14H,1-2,5,8-12H2,(H,19,23). The monoisotopic (exact) mass is 326 g/mol. The van der Waals surface area contributed by atoms with Gasteiger partial charge in [-0.05, 0) is 30.9 Å². The number of para-hydroxylation sites is 1. The third-order valence-corrected chi connectivity index (χ3v) is 4.86. The maximum atomic E-state index is 12.5. The van der Waals surface area contributed by atoms with Gasteiger partial charge in [0.15, 0.2) is 5.82 Å². The molecule has 0 spiro atoms. The van der Waals surface area contributed by atoms with Gasteiger partial charge in [-0.1, -0.05) is 24.6 Å². The van der Waals surface area contributed by atoms with E-state index in [1.807, 2.05) is 24.3 Å². The lowest BCUT2D eigenvalue weighted by molar-refractivity contribution is -0.126. The lowest BCUT2D eigenvalue weighted by atomic mass is 9.96. The highest BCUT2D eigenvalue weighted by molar-refractivity contribution is 5.79. The number of nitrogens with zero attached hydrogens (tertiary/aromatic N) is 3. The fourth-order valence-corrected chi connectivity index (χ4v) is 3.48. The Bertz CT molecular complexity index is 740. The minimum atomic E-state index is -0.147. The Morgan fingerprint density at radius 1 is 1.25 bits per heavy atom. The minimum absolute atomic E-state index is 0.0236. The molecule has 1 aromatic carbocycles. The maximum absolute atomic E-state index is 12.5. The largest absolute Gasteiger partial charge is 0.492 e. The molecule has 3 heterocycles. The molecule has 6 heteroatoms. The van der Waals surface area contributed by atoms with Crippen LogP contribution in [0.25, 0.3) is 0 Å². The maximum Gasteiger partial charge on any atom is 0.227 e. The third-order valence-electron chi connectivity index (χ3n) is 4.86. The first kappa shape index (κ1) is 15.2. The van der Waals surface area contributed by atoms with Crippen molar-refractivity contribution in [3.05, 3.63) is 41.5 Å². The second kappa shape index (κ2) is 6.63. The third kappa shape index (κ3) is 3.00. The Morgan fingerprint density at radius 2 is 2.17 bits per heavy atom. The number of aryl methyl sites for hydroxylation is 1. The van der Waals surface area contributed by atoms with E-state index >= 15 is 0 Å². The summed E-state index contributed by atoms with van der Waals surface area (Å²) >= 11 is 0. The highest BCUT2D eigenvalue weighted by Crippen LogP contribution is 2.26. The summed E-state index contributed by atoms with van der Waals surface area (Å²) in [6.45, 7) is 1.82. The Balaban J connectivity index is 1.38. The van der Waals surface area contributed by atoms with Crippen LogP contribution in [0.5, 0.6) is 5.75 Å². The number of hydrogen-bond donors (Lipinski definition) is 1. The van der Waals surface area contributed by atoms with Crippen LogP contribution in [0.2, 0.25) is 0 Å². The number of amides is 1. The molecule has 1 aromatic heterocycles. The van der Waals surface area contributed by atoms with Crippen LogP contribution < -0.4 is 10.1 Å². The van der Waals surface area contributed by atoms with Crippen LogP contribution in [0.15, 0.2) is 24.3 Å². The molecule has 1 atom stereocenters. The van der Waals surface area contributed by atoms with Crippen molar-refractivity contribution in [3.8, 4) is 5.75 Å². The smallest absolute Gasteiger partial charge is 0.227 e. The van der Waals surface area contributed by atoms with Crippen LogP contribution in [-0.4, -0.2) is 27.3 Å². The number of fused-ring (bicyclic) bond motifs is 2. The fraction of sp³-hybridized carbons (Fsp3) is 0.500. The summed E-state index contributed by atoms with van der Waals surface area (Å²) in [6, 6.07) is 7.91. The van der Waals surface area contributed by atoms with Crippen molar-refractivity contribution < 1.29 is 9.53 Å². The van der Waals surface area contributed by atoms with Crippen molar-refractivity contribution in [3.63, 3.8) is 0 Å². The molecule has 0 bridgehead atoms. The number of ether oxygens (including phenoxy) is 1. The summed E-state index contributed by atoms with van der Waals surface area (Å²) in [5, 5.41) is 11.5. The lowest BCUT2D eigenvalue weighted by Gasteiger charge is -2.24. The van der Waals surface area contributed by atoms with E-state index in [1.54, 1.807) is 0 Å². The number of carbonyl (C=O) groups excluding carboxylic acids is 1. The molecule has 1 amide bonds. The molecular weight excluding hydrogens is 304 g/mol. The topological polar surface area (TPSA) is 69.0 Å². The fourth-order valence-electron chi connectivity index (χ4n) is 3.48. The van der Waals surface area contributed by atoms with Gasteiger partial charge in [0.2, 0.25) is 5.91 Å². The van der Waals surface area contributed by atoms with Gasteiger partial charge in [0, 0.05) is 13.0 Å². The van der Waals surface area contributed by atoms with Crippen molar-refractivity contribution in [2.24, 2.45) is 5.92 Å². The lowest BCUT2D eigenvalue weighted by Crippen LogP contribution is -2.37. The van der Waals surface area contributed by atoms with Crippen LogP contribution in [-0.2, 0) is 30.7 Å². The molecule has 126 valence electrons. The second-order valence-corrected chi connectivity index (χ2v) is 6.53. The van der Waals surface area contributed by atoms with Crippen molar-refractivity contribution in [2.75, 3.05) is 6.61 Å². The zero-order chi connectivity index (χ0) is 16.4. The van der Waals surface area contributed by atoms with Gasteiger partial charge in [0.25, 0.3) is 0 Å². The highest BCUT2D eigenvalue weighted by atomic mass is 16.5. The highest BCUT2D eigenvalue weighted by Gasteiger charge is 2.26. The molecule has 0 radical (unpaired) electrons. The van der Waals surface area contributed by atoms with Gasteiger partial charge in [0.1, 0.15) is 18.2 Å². The summed E-state index contributed by atoms with van der Waals surface area (Å²) < 4.78 is 7.87. The van der Waals surface area contributed by atoms with Crippen LogP contribution in [0.1, 0.15) is 36.5 Å². The first-order valence-electron chi connectivity index (χ1n) is 8.70.